The molecule has 0 amide bonds. The maximum Gasteiger partial charge on any atom is 0.191 e. The van der Waals surface area contributed by atoms with Gasteiger partial charge in [-0.15, -0.1) is 6.42 Å². The standard InChI is InChI=1S/C13H18O5/c1-6-7-8-9(16-12(2,3)15-8)10-11(14-7)18-13(4,5)17-10/h1,7-11H,2-5H3/t7?,8-,9+,10?,11+/m0/s1. The summed E-state index contributed by atoms with van der Waals surface area (Å²) < 4.78 is 28.9. The number of terminal acetylenes is 1. The Labute approximate surface area is 107 Å². The summed E-state index contributed by atoms with van der Waals surface area (Å²) in [5.41, 5.74) is 0. The van der Waals surface area contributed by atoms with Crippen molar-refractivity contribution in [1.82, 2.24) is 0 Å². The first-order chi connectivity index (χ1) is 8.31. The van der Waals surface area contributed by atoms with Gasteiger partial charge in [-0.25, -0.2) is 0 Å². The van der Waals surface area contributed by atoms with Gasteiger partial charge in [-0.3, -0.25) is 0 Å². The number of hydrogen-bond acceptors (Lipinski definition) is 5. The third-order valence-electron chi connectivity index (χ3n) is 3.32. The van der Waals surface area contributed by atoms with Crippen LogP contribution in [0.4, 0.5) is 0 Å². The van der Waals surface area contributed by atoms with Gasteiger partial charge in [-0.05, 0) is 27.7 Å². The Kier molecular flexibility index (Phi) is 2.54. The fourth-order valence-corrected chi connectivity index (χ4v) is 2.75. The smallest absolute Gasteiger partial charge is 0.191 e. The summed E-state index contributed by atoms with van der Waals surface area (Å²) in [6.45, 7) is 7.40. The summed E-state index contributed by atoms with van der Waals surface area (Å²) in [5.74, 6) is 1.21. The van der Waals surface area contributed by atoms with Crippen molar-refractivity contribution in [2.24, 2.45) is 0 Å². The molecule has 3 fully saturated rings. The Bertz CT molecular complexity index is 397. The second-order valence-corrected chi connectivity index (χ2v) is 5.76. The molecule has 0 radical (unpaired) electrons. The molecular formula is C13H18O5. The number of ether oxygens (including phenoxy) is 5. The number of rotatable bonds is 0. The zero-order valence-electron chi connectivity index (χ0n) is 11.0. The van der Waals surface area contributed by atoms with Crippen LogP contribution in [0.15, 0.2) is 0 Å². The monoisotopic (exact) mass is 254 g/mol. The van der Waals surface area contributed by atoms with Crippen molar-refractivity contribution in [1.29, 1.82) is 0 Å². The van der Waals surface area contributed by atoms with E-state index in [9.17, 15) is 0 Å². The second-order valence-electron chi connectivity index (χ2n) is 5.76. The van der Waals surface area contributed by atoms with E-state index < -0.39 is 24.0 Å². The lowest BCUT2D eigenvalue weighted by molar-refractivity contribution is -0.220. The van der Waals surface area contributed by atoms with Crippen molar-refractivity contribution in [2.75, 3.05) is 0 Å². The van der Waals surface area contributed by atoms with Crippen LogP contribution in [0.2, 0.25) is 0 Å². The van der Waals surface area contributed by atoms with Gasteiger partial charge in [-0.2, -0.15) is 0 Å². The Morgan fingerprint density at radius 2 is 1.39 bits per heavy atom. The molecule has 3 heterocycles. The first-order valence-electron chi connectivity index (χ1n) is 6.14. The summed E-state index contributed by atoms with van der Waals surface area (Å²) in [4.78, 5) is 0. The molecule has 5 heteroatoms. The van der Waals surface area contributed by atoms with E-state index in [1.165, 1.54) is 0 Å². The van der Waals surface area contributed by atoms with E-state index in [0.29, 0.717) is 0 Å². The van der Waals surface area contributed by atoms with Crippen LogP contribution in [0.1, 0.15) is 27.7 Å². The van der Waals surface area contributed by atoms with Gasteiger partial charge in [0.2, 0.25) is 0 Å². The normalized spacial score (nSPS) is 48.3. The SMILES string of the molecule is C#CC1O[C@@H]2OC(C)(C)OC2[C@@H]2OC(C)(C)O[C@@H]12. The molecular weight excluding hydrogens is 236 g/mol. The lowest BCUT2D eigenvalue weighted by Gasteiger charge is -2.34. The van der Waals surface area contributed by atoms with Crippen LogP contribution in [-0.2, 0) is 23.7 Å². The summed E-state index contributed by atoms with van der Waals surface area (Å²) >= 11 is 0. The molecule has 0 aliphatic carbocycles. The average molecular weight is 254 g/mol. The highest BCUT2D eigenvalue weighted by molar-refractivity contribution is 5.10. The van der Waals surface area contributed by atoms with Crippen molar-refractivity contribution in [3.05, 3.63) is 0 Å². The zero-order chi connectivity index (χ0) is 13.1. The minimum absolute atomic E-state index is 0.262. The molecule has 3 aliphatic heterocycles. The van der Waals surface area contributed by atoms with Crippen LogP contribution >= 0.6 is 0 Å². The van der Waals surface area contributed by atoms with Gasteiger partial charge >= 0.3 is 0 Å². The highest BCUT2D eigenvalue weighted by atomic mass is 16.9. The van der Waals surface area contributed by atoms with Crippen molar-refractivity contribution in [3.8, 4) is 12.3 Å². The molecule has 100 valence electrons. The molecule has 0 aromatic heterocycles. The van der Waals surface area contributed by atoms with E-state index in [1.54, 1.807) is 0 Å². The van der Waals surface area contributed by atoms with Crippen LogP contribution in [-0.4, -0.2) is 42.3 Å². The molecule has 3 aliphatic rings. The predicted molar refractivity (Wildman–Crippen MR) is 61.4 cm³/mol. The molecule has 18 heavy (non-hydrogen) atoms. The van der Waals surface area contributed by atoms with E-state index in [0.717, 1.165) is 0 Å². The van der Waals surface area contributed by atoms with Crippen LogP contribution in [0.25, 0.3) is 0 Å². The largest absolute Gasteiger partial charge is 0.341 e. The first kappa shape index (κ1) is 12.4. The molecule has 3 saturated heterocycles. The molecule has 2 unspecified atom stereocenters. The molecule has 0 saturated carbocycles. The lowest BCUT2D eigenvalue weighted by Crippen LogP contribution is -2.54. The van der Waals surface area contributed by atoms with E-state index in [2.05, 4.69) is 5.92 Å². The van der Waals surface area contributed by atoms with Gasteiger partial charge in [0.25, 0.3) is 0 Å². The topological polar surface area (TPSA) is 46.2 Å². The molecule has 0 aromatic rings. The van der Waals surface area contributed by atoms with Crippen LogP contribution in [0.5, 0.6) is 0 Å². The van der Waals surface area contributed by atoms with Crippen molar-refractivity contribution in [2.45, 2.75) is 70.0 Å². The minimum Gasteiger partial charge on any atom is -0.341 e. The number of hydrogen-bond donors (Lipinski definition) is 0. The van der Waals surface area contributed by atoms with Crippen molar-refractivity contribution >= 4 is 0 Å². The Hall–Kier alpha value is -0.640. The van der Waals surface area contributed by atoms with Gasteiger partial charge in [0.15, 0.2) is 17.9 Å². The second kappa shape index (κ2) is 3.69. The highest BCUT2D eigenvalue weighted by Gasteiger charge is 2.60. The van der Waals surface area contributed by atoms with Crippen LogP contribution in [0, 0.1) is 12.3 Å². The van der Waals surface area contributed by atoms with Gasteiger partial charge in [-0.1, -0.05) is 5.92 Å². The van der Waals surface area contributed by atoms with Crippen molar-refractivity contribution < 1.29 is 23.7 Å². The van der Waals surface area contributed by atoms with Gasteiger partial charge in [0.1, 0.15) is 24.4 Å². The fraction of sp³-hybridized carbons (Fsp3) is 0.846. The maximum atomic E-state index is 5.89. The molecule has 5 atom stereocenters. The van der Waals surface area contributed by atoms with Crippen LogP contribution in [0.3, 0.4) is 0 Å². The third kappa shape index (κ3) is 1.85. The zero-order valence-corrected chi connectivity index (χ0v) is 11.0. The van der Waals surface area contributed by atoms with E-state index >= 15 is 0 Å². The summed E-state index contributed by atoms with van der Waals surface area (Å²) in [6, 6.07) is 0. The Morgan fingerprint density at radius 3 is 2.06 bits per heavy atom. The summed E-state index contributed by atoms with van der Waals surface area (Å²) in [7, 11) is 0. The molecule has 3 rings (SSSR count). The first-order valence-corrected chi connectivity index (χ1v) is 6.14. The average Bonchev–Trinajstić information content (AvgIpc) is 2.71. The molecule has 0 N–H and O–H groups in total. The molecule has 0 bridgehead atoms. The van der Waals surface area contributed by atoms with E-state index in [4.69, 9.17) is 30.1 Å². The fourth-order valence-electron chi connectivity index (χ4n) is 2.75. The quantitative estimate of drug-likeness (QED) is 0.604. The van der Waals surface area contributed by atoms with E-state index in [-0.39, 0.29) is 18.3 Å². The highest BCUT2D eigenvalue weighted by Crippen LogP contribution is 2.43. The Morgan fingerprint density at radius 1 is 0.833 bits per heavy atom. The molecule has 0 aromatic carbocycles. The van der Waals surface area contributed by atoms with Gasteiger partial charge < -0.3 is 23.7 Å². The lowest BCUT2D eigenvalue weighted by atomic mass is 9.99. The van der Waals surface area contributed by atoms with E-state index in [1.807, 2.05) is 27.7 Å². The maximum absolute atomic E-state index is 5.89. The van der Waals surface area contributed by atoms with Crippen molar-refractivity contribution in [3.63, 3.8) is 0 Å². The minimum atomic E-state index is -0.695. The summed E-state index contributed by atoms with van der Waals surface area (Å²) in [5, 5.41) is 0. The third-order valence-corrected chi connectivity index (χ3v) is 3.32. The Balaban J connectivity index is 1.89. The van der Waals surface area contributed by atoms with Gasteiger partial charge in [0.05, 0.1) is 0 Å². The molecule has 0 spiro atoms. The predicted octanol–water partition coefficient (Wildman–Crippen LogP) is 1.02. The molecule has 5 nitrogen and oxygen atoms in total. The van der Waals surface area contributed by atoms with Crippen LogP contribution < -0.4 is 0 Å². The number of fused-ring (bicyclic) bond motifs is 3. The summed E-state index contributed by atoms with van der Waals surface area (Å²) in [6.07, 6.45) is 3.63. The van der Waals surface area contributed by atoms with Gasteiger partial charge in [0, 0.05) is 0 Å².